The van der Waals surface area contributed by atoms with Gasteiger partial charge in [0.15, 0.2) is 12.7 Å². The first-order chi connectivity index (χ1) is 11.5. The molecular weight excluding hydrogens is 306 g/mol. The van der Waals surface area contributed by atoms with E-state index in [1.165, 1.54) is 6.92 Å². The molecule has 0 saturated carbocycles. The van der Waals surface area contributed by atoms with E-state index in [1.807, 2.05) is 50.2 Å². The third kappa shape index (κ3) is 5.12. The molecule has 5 nitrogen and oxygen atoms in total. The Kier molecular flexibility index (Phi) is 5.95. The van der Waals surface area contributed by atoms with Crippen LogP contribution < -0.4 is 10.1 Å². The van der Waals surface area contributed by atoms with Crippen LogP contribution in [0.4, 0.5) is 5.69 Å². The molecule has 0 radical (unpaired) electrons. The molecule has 0 heterocycles. The lowest BCUT2D eigenvalue weighted by Crippen LogP contribution is -2.31. The van der Waals surface area contributed by atoms with Gasteiger partial charge in [0.2, 0.25) is 0 Å². The number of rotatable bonds is 6. The molecule has 0 spiro atoms. The zero-order chi connectivity index (χ0) is 17.5. The van der Waals surface area contributed by atoms with Crippen LogP contribution in [-0.4, -0.2) is 24.6 Å². The van der Waals surface area contributed by atoms with Crippen molar-refractivity contribution in [2.75, 3.05) is 11.9 Å². The van der Waals surface area contributed by atoms with Gasteiger partial charge in [-0.1, -0.05) is 30.3 Å². The van der Waals surface area contributed by atoms with Crippen LogP contribution in [0.25, 0.3) is 0 Å². The second-order valence-electron chi connectivity index (χ2n) is 5.54. The van der Waals surface area contributed by atoms with Crippen LogP contribution >= 0.6 is 0 Å². The predicted octanol–water partition coefficient (Wildman–Crippen LogP) is 3.25. The number of benzene rings is 2. The van der Waals surface area contributed by atoms with Crippen LogP contribution in [0.3, 0.4) is 0 Å². The lowest BCUT2D eigenvalue weighted by molar-refractivity contribution is -0.155. The zero-order valence-corrected chi connectivity index (χ0v) is 14.0. The van der Waals surface area contributed by atoms with Crippen LogP contribution in [0.2, 0.25) is 0 Å². The molecule has 2 rings (SSSR count). The average Bonchev–Trinajstić information content (AvgIpc) is 2.54. The molecule has 0 bridgehead atoms. The number of nitrogens with one attached hydrogen (secondary N) is 1. The number of anilines is 1. The van der Waals surface area contributed by atoms with Gasteiger partial charge in [-0.25, -0.2) is 4.79 Å². The minimum absolute atomic E-state index is 0.243. The monoisotopic (exact) mass is 327 g/mol. The number of hydrogen-bond donors (Lipinski definition) is 1. The lowest BCUT2D eigenvalue weighted by atomic mass is 10.2. The summed E-state index contributed by atoms with van der Waals surface area (Å²) in [5.41, 5.74) is 2.62. The number of hydrogen-bond acceptors (Lipinski definition) is 4. The molecule has 0 saturated heterocycles. The molecule has 0 aliphatic heterocycles. The summed E-state index contributed by atoms with van der Waals surface area (Å²) in [6.07, 6.45) is -0.904. The Morgan fingerprint density at radius 3 is 2.54 bits per heavy atom. The van der Waals surface area contributed by atoms with Crippen molar-refractivity contribution in [3.05, 3.63) is 59.7 Å². The Labute approximate surface area is 141 Å². The van der Waals surface area contributed by atoms with Gasteiger partial charge in [0.05, 0.1) is 0 Å². The second-order valence-corrected chi connectivity index (χ2v) is 5.54. The molecule has 2 aromatic rings. The van der Waals surface area contributed by atoms with Crippen LogP contribution in [-0.2, 0) is 14.3 Å². The van der Waals surface area contributed by atoms with Gasteiger partial charge in [-0.15, -0.1) is 0 Å². The molecule has 1 atom stereocenters. The molecule has 2 aromatic carbocycles. The number of aryl methyl sites for hydroxylation is 2. The van der Waals surface area contributed by atoms with E-state index >= 15 is 0 Å². The van der Waals surface area contributed by atoms with Gasteiger partial charge < -0.3 is 14.8 Å². The molecule has 0 unspecified atom stereocenters. The smallest absolute Gasteiger partial charge is 0.344 e. The molecule has 0 aliphatic rings. The first kappa shape index (κ1) is 17.5. The van der Waals surface area contributed by atoms with E-state index in [-0.39, 0.29) is 12.5 Å². The summed E-state index contributed by atoms with van der Waals surface area (Å²) in [4.78, 5) is 23.9. The van der Waals surface area contributed by atoms with Crippen molar-refractivity contribution >= 4 is 17.6 Å². The Balaban J connectivity index is 1.82. The summed E-state index contributed by atoms with van der Waals surface area (Å²) >= 11 is 0. The van der Waals surface area contributed by atoms with Crippen molar-refractivity contribution in [1.29, 1.82) is 0 Å². The fraction of sp³-hybridized carbons (Fsp3) is 0.263. The molecule has 0 aromatic heterocycles. The number of para-hydroxylation sites is 1. The quantitative estimate of drug-likeness (QED) is 0.827. The van der Waals surface area contributed by atoms with Crippen molar-refractivity contribution in [3.63, 3.8) is 0 Å². The summed E-state index contributed by atoms with van der Waals surface area (Å²) in [6.45, 7) is 5.10. The number of carbonyl (C=O) groups is 2. The first-order valence-corrected chi connectivity index (χ1v) is 7.71. The highest BCUT2D eigenvalue weighted by Gasteiger charge is 2.18. The number of amides is 1. The van der Waals surface area contributed by atoms with Crippen molar-refractivity contribution in [3.8, 4) is 5.75 Å². The summed E-state index contributed by atoms with van der Waals surface area (Å²) in [5.74, 6) is -0.360. The van der Waals surface area contributed by atoms with E-state index < -0.39 is 12.1 Å². The maximum Gasteiger partial charge on any atom is 0.344 e. The van der Waals surface area contributed by atoms with E-state index in [9.17, 15) is 9.59 Å². The van der Waals surface area contributed by atoms with Crippen molar-refractivity contribution in [1.82, 2.24) is 0 Å². The normalized spacial score (nSPS) is 11.5. The minimum atomic E-state index is -0.904. The van der Waals surface area contributed by atoms with E-state index in [0.29, 0.717) is 11.4 Å². The Bertz CT molecular complexity index is 727. The largest absolute Gasteiger partial charge is 0.482 e. The van der Waals surface area contributed by atoms with Gasteiger partial charge in [-0.2, -0.15) is 0 Å². The molecule has 126 valence electrons. The van der Waals surface area contributed by atoms with E-state index in [0.717, 1.165) is 11.1 Å². The predicted molar refractivity (Wildman–Crippen MR) is 92.0 cm³/mol. The van der Waals surface area contributed by atoms with Gasteiger partial charge >= 0.3 is 5.97 Å². The standard InChI is InChI=1S/C19H21NO4/c1-13-7-6-9-16(11-13)20-19(22)15(3)24-18(21)12-23-17-10-5-4-8-14(17)2/h4-11,15H,12H2,1-3H3,(H,20,22)/t15-/m1/s1. The maximum atomic E-state index is 12.1. The Morgan fingerprint density at radius 2 is 1.83 bits per heavy atom. The van der Waals surface area contributed by atoms with Crippen molar-refractivity contribution in [2.24, 2.45) is 0 Å². The van der Waals surface area contributed by atoms with Gasteiger partial charge in [0, 0.05) is 5.69 Å². The number of carbonyl (C=O) groups excluding carboxylic acids is 2. The second kappa shape index (κ2) is 8.15. The molecule has 1 N–H and O–H groups in total. The third-order valence-electron chi connectivity index (χ3n) is 3.40. The van der Waals surface area contributed by atoms with Crippen LogP contribution in [0.1, 0.15) is 18.1 Å². The molecule has 0 aliphatic carbocycles. The fourth-order valence-corrected chi connectivity index (χ4v) is 2.11. The van der Waals surface area contributed by atoms with E-state index in [2.05, 4.69) is 5.32 Å². The van der Waals surface area contributed by atoms with Gasteiger partial charge in [0.1, 0.15) is 5.75 Å². The third-order valence-corrected chi connectivity index (χ3v) is 3.40. The summed E-state index contributed by atoms with van der Waals surface area (Å²) < 4.78 is 10.5. The van der Waals surface area contributed by atoms with Gasteiger partial charge in [-0.05, 0) is 50.1 Å². The van der Waals surface area contributed by atoms with Crippen LogP contribution in [0, 0.1) is 13.8 Å². The van der Waals surface area contributed by atoms with Crippen LogP contribution in [0.5, 0.6) is 5.75 Å². The summed E-state index contributed by atoms with van der Waals surface area (Å²) in [6, 6.07) is 14.8. The summed E-state index contributed by atoms with van der Waals surface area (Å²) in [7, 11) is 0. The lowest BCUT2D eigenvalue weighted by Gasteiger charge is -2.14. The van der Waals surface area contributed by atoms with Crippen molar-refractivity contribution < 1.29 is 19.1 Å². The van der Waals surface area contributed by atoms with E-state index in [4.69, 9.17) is 9.47 Å². The molecular formula is C19H21NO4. The summed E-state index contributed by atoms with van der Waals surface area (Å²) in [5, 5.41) is 2.71. The first-order valence-electron chi connectivity index (χ1n) is 7.71. The molecule has 24 heavy (non-hydrogen) atoms. The van der Waals surface area contributed by atoms with Gasteiger partial charge in [-0.3, -0.25) is 4.79 Å². The highest BCUT2D eigenvalue weighted by Crippen LogP contribution is 2.16. The molecule has 1 amide bonds. The minimum Gasteiger partial charge on any atom is -0.482 e. The number of ether oxygens (including phenoxy) is 2. The highest BCUT2D eigenvalue weighted by molar-refractivity contribution is 5.95. The maximum absolute atomic E-state index is 12.1. The number of esters is 1. The Morgan fingerprint density at radius 1 is 1.08 bits per heavy atom. The average molecular weight is 327 g/mol. The Hall–Kier alpha value is -2.82. The van der Waals surface area contributed by atoms with E-state index in [1.54, 1.807) is 12.1 Å². The zero-order valence-electron chi connectivity index (χ0n) is 14.0. The topological polar surface area (TPSA) is 64.6 Å². The molecule has 5 heteroatoms. The van der Waals surface area contributed by atoms with Gasteiger partial charge in [0.25, 0.3) is 5.91 Å². The van der Waals surface area contributed by atoms with Crippen LogP contribution in [0.15, 0.2) is 48.5 Å². The molecule has 0 fully saturated rings. The highest BCUT2D eigenvalue weighted by atomic mass is 16.6. The fourth-order valence-electron chi connectivity index (χ4n) is 2.11. The van der Waals surface area contributed by atoms with Crippen molar-refractivity contribution in [2.45, 2.75) is 26.9 Å². The SMILES string of the molecule is Cc1cccc(NC(=O)[C@@H](C)OC(=O)COc2ccccc2C)c1.